The van der Waals surface area contributed by atoms with E-state index in [1.165, 1.54) is 18.4 Å². The Kier molecular flexibility index (Phi) is 5.75. The molecule has 0 saturated carbocycles. The molecule has 1 aliphatic carbocycles. The van der Waals surface area contributed by atoms with Crippen LogP contribution in [0.25, 0.3) is 0 Å². The molecule has 1 nitrogen and oxygen atoms in total. The number of nitrogens with one attached hydrogen (secondary N) is 1. The summed E-state index contributed by atoms with van der Waals surface area (Å²) in [6.45, 7) is 8.56. The molecule has 0 aromatic carbocycles. The standard InChI is InChI=1S/C14H24FN/c1-11(2)5-4-8-16-10-13-6-7-14(15)9-12(13)3/h6-7,11-12,16H,4-5,8-10H2,1-3H3. The lowest BCUT2D eigenvalue weighted by Crippen LogP contribution is -2.22. The maximum atomic E-state index is 12.9. The zero-order valence-electron chi connectivity index (χ0n) is 10.7. The Balaban J connectivity index is 2.18. The monoisotopic (exact) mass is 225 g/mol. The number of rotatable bonds is 6. The van der Waals surface area contributed by atoms with Gasteiger partial charge in [0.15, 0.2) is 0 Å². The molecule has 0 spiro atoms. The lowest BCUT2D eigenvalue weighted by Gasteiger charge is -2.19. The molecule has 0 heterocycles. The topological polar surface area (TPSA) is 12.0 Å². The minimum Gasteiger partial charge on any atom is -0.313 e. The second-order valence-electron chi connectivity index (χ2n) is 5.17. The van der Waals surface area contributed by atoms with Crippen molar-refractivity contribution in [3.8, 4) is 0 Å². The van der Waals surface area contributed by atoms with Gasteiger partial charge in [0.2, 0.25) is 0 Å². The van der Waals surface area contributed by atoms with E-state index in [9.17, 15) is 4.39 Å². The van der Waals surface area contributed by atoms with E-state index in [-0.39, 0.29) is 5.83 Å². The largest absolute Gasteiger partial charge is 0.313 e. The van der Waals surface area contributed by atoms with E-state index < -0.39 is 0 Å². The van der Waals surface area contributed by atoms with Crippen molar-refractivity contribution in [3.05, 3.63) is 23.6 Å². The van der Waals surface area contributed by atoms with E-state index in [0.29, 0.717) is 12.3 Å². The van der Waals surface area contributed by atoms with Crippen molar-refractivity contribution in [1.82, 2.24) is 5.32 Å². The fourth-order valence-electron chi connectivity index (χ4n) is 1.95. The van der Waals surface area contributed by atoms with Crippen molar-refractivity contribution in [2.75, 3.05) is 13.1 Å². The van der Waals surface area contributed by atoms with Gasteiger partial charge in [-0.1, -0.05) is 32.4 Å². The van der Waals surface area contributed by atoms with Crippen LogP contribution in [-0.4, -0.2) is 13.1 Å². The van der Waals surface area contributed by atoms with Crippen molar-refractivity contribution in [3.63, 3.8) is 0 Å². The third-order valence-corrected chi connectivity index (χ3v) is 3.08. The summed E-state index contributed by atoms with van der Waals surface area (Å²) in [5, 5.41) is 3.44. The maximum absolute atomic E-state index is 12.9. The summed E-state index contributed by atoms with van der Waals surface area (Å²) < 4.78 is 12.9. The Morgan fingerprint density at radius 2 is 2.19 bits per heavy atom. The lowest BCUT2D eigenvalue weighted by atomic mass is 9.92. The highest BCUT2D eigenvalue weighted by atomic mass is 19.1. The van der Waals surface area contributed by atoms with Gasteiger partial charge in [-0.25, -0.2) is 4.39 Å². The molecule has 0 saturated heterocycles. The molecule has 0 fully saturated rings. The summed E-state index contributed by atoms with van der Waals surface area (Å²) in [6, 6.07) is 0. The first-order valence-corrected chi connectivity index (χ1v) is 6.35. The van der Waals surface area contributed by atoms with Crippen LogP contribution in [0.15, 0.2) is 23.6 Å². The molecule has 0 aromatic heterocycles. The van der Waals surface area contributed by atoms with Gasteiger partial charge in [0.05, 0.1) is 0 Å². The Morgan fingerprint density at radius 3 is 2.81 bits per heavy atom. The van der Waals surface area contributed by atoms with Crippen LogP contribution in [-0.2, 0) is 0 Å². The SMILES string of the molecule is CC(C)CCCNCC1=CC=C(F)CC1C. The molecule has 1 rings (SSSR count). The first-order chi connectivity index (χ1) is 7.59. The molecular formula is C14H24FN. The van der Waals surface area contributed by atoms with Crippen LogP contribution in [0.3, 0.4) is 0 Å². The smallest absolute Gasteiger partial charge is 0.100 e. The van der Waals surface area contributed by atoms with Crippen LogP contribution in [0.4, 0.5) is 4.39 Å². The van der Waals surface area contributed by atoms with Gasteiger partial charge in [0.25, 0.3) is 0 Å². The molecule has 1 unspecified atom stereocenters. The third kappa shape index (κ3) is 4.93. The average Bonchev–Trinajstić information content (AvgIpc) is 2.20. The highest BCUT2D eigenvalue weighted by Crippen LogP contribution is 2.24. The van der Waals surface area contributed by atoms with Crippen LogP contribution in [0.2, 0.25) is 0 Å². The third-order valence-electron chi connectivity index (χ3n) is 3.08. The summed E-state index contributed by atoms with van der Waals surface area (Å²) in [5.41, 5.74) is 1.32. The normalized spacial score (nSPS) is 20.9. The van der Waals surface area contributed by atoms with Crippen LogP contribution in [0, 0.1) is 11.8 Å². The molecule has 0 amide bonds. The van der Waals surface area contributed by atoms with Crippen molar-refractivity contribution in [1.29, 1.82) is 0 Å². The Labute approximate surface area is 98.8 Å². The second kappa shape index (κ2) is 6.85. The van der Waals surface area contributed by atoms with Gasteiger partial charge in [-0.2, -0.15) is 0 Å². The fourth-order valence-corrected chi connectivity index (χ4v) is 1.95. The van der Waals surface area contributed by atoms with Gasteiger partial charge >= 0.3 is 0 Å². The van der Waals surface area contributed by atoms with Gasteiger partial charge in [0, 0.05) is 13.0 Å². The molecule has 0 radical (unpaired) electrons. The molecule has 0 aromatic rings. The zero-order valence-corrected chi connectivity index (χ0v) is 10.7. The average molecular weight is 225 g/mol. The molecule has 92 valence electrons. The van der Waals surface area contributed by atoms with Crippen LogP contribution in [0.1, 0.15) is 40.0 Å². The Bertz CT molecular complexity index is 266. The van der Waals surface area contributed by atoms with Crippen molar-refractivity contribution >= 4 is 0 Å². The van der Waals surface area contributed by atoms with E-state index in [1.54, 1.807) is 6.08 Å². The summed E-state index contributed by atoms with van der Waals surface area (Å²) >= 11 is 0. The van der Waals surface area contributed by atoms with E-state index >= 15 is 0 Å². The summed E-state index contributed by atoms with van der Waals surface area (Å²) in [7, 11) is 0. The number of halogens is 1. The first-order valence-electron chi connectivity index (χ1n) is 6.35. The van der Waals surface area contributed by atoms with E-state index in [4.69, 9.17) is 0 Å². The Hall–Kier alpha value is -0.630. The minimum absolute atomic E-state index is 0.0102. The molecule has 1 aliphatic rings. The zero-order chi connectivity index (χ0) is 12.0. The Morgan fingerprint density at radius 1 is 1.44 bits per heavy atom. The second-order valence-corrected chi connectivity index (χ2v) is 5.17. The van der Waals surface area contributed by atoms with Crippen molar-refractivity contribution in [2.45, 2.75) is 40.0 Å². The molecule has 1 N–H and O–H groups in total. The van der Waals surface area contributed by atoms with Gasteiger partial charge in [-0.05, 0) is 37.3 Å². The van der Waals surface area contributed by atoms with Gasteiger partial charge in [-0.15, -0.1) is 0 Å². The summed E-state index contributed by atoms with van der Waals surface area (Å²) in [4.78, 5) is 0. The lowest BCUT2D eigenvalue weighted by molar-refractivity contribution is 0.498. The van der Waals surface area contributed by atoms with Gasteiger partial charge < -0.3 is 5.32 Å². The molecule has 2 heteroatoms. The molecule has 1 atom stereocenters. The minimum atomic E-state index is 0.0102. The van der Waals surface area contributed by atoms with E-state index in [2.05, 4.69) is 26.1 Å². The maximum Gasteiger partial charge on any atom is 0.100 e. The van der Waals surface area contributed by atoms with E-state index in [1.807, 2.05) is 6.08 Å². The van der Waals surface area contributed by atoms with Crippen LogP contribution >= 0.6 is 0 Å². The van der Waals surface area contributed by atoms with Crippen LogP contribution < -0.4 is 5.32 Å². The van der Waals surface area contributed by atoms with E-state index in [0.717, 1.165) is 19.0 Å². The number of allylic oxidation sites excluding steroid dienone is 3. The highest BCUT2D eigenvalue weighted by molar-refractivity contribution is 5.24. The van der Waals surface area contributed by atoms with Gasteiger partial charge in [0.1, 0.15) is 5.83 Å². The first kappa shape index (κ1) is 13.4. The molecule has 0 bridgehead atoms. The summed E-state index contributed by atoms with van der Waals surface area (Å²) in [5.74, 6) is 1.14. The number of hydrogen-bond acceptors (Lipinski definition) is 1. The predicted octanol–water partition coefficient (Wildman–Crippen LogP) is 3.83. The number of hydrogen-bond donors (Lipinski definition) is 1. The van der Waals surface area contributed by atoms with Crippen molar-refractivity contribution in [2.24, 2.45) is 11.8 Å². The molecule has 0 aliphatic heterocycles. The van der Waals surface area contributed by atoms with Gasteiger partial charge in [-0.3, -0.25) is 0 Å². The molecule has 16 heavy (non-hydrogen) atoms. The highest BCUT2D eigenvalue weighted by Gasteiger charge is 2.14. The molecular weight excluding hydrogens is 201 g/mol. The summed E-state index contributed by atoms with van der Waals surface area (Å²) in [6.07, 6.45) is 6.60. The van der Waals surface area contributed by atoms with Crippen molar-refractivity contribution < 1.29 is 4.39 Å². The predicted molar refractivity (Wildman–Crippen MR) is 68.0 cm³/mol. The quantitative estimate of drug-likeness (QED) is 0.677. The fraction of sp³-hybridized carbons (Fsp3) is 0.714. The van der Waals surface area contributed by atoms with Crippen LogP contribution in [0.5, 0.6) is 0 Å².